The van der Waals surface area contributed by atoms with E-state index < -0.39 is 0 Å². The quantitative estimate of drug-likeness (QED) is 0.762. The van der Waals surface area contributed by atoms with Crippen LogP contribution < -0.4 is 4.74 Å². The zero-order valence-corrected chi connectivity index (χ0v) is 8.71. The van der Waals surface area contributed by atoms with Gasteiger partial charge >= 0.3 is 0 Å². The molecule has 1 aromatic heterocycles. The van der Waals surface area contributed by atoms with Gasteiger partial charge in [-0.15, -0.1) is 0 Å². The van der Waals surface area contributed by atoms with Crippen molar-refractivity contribution in [2.24, 2.45) is 0 Å². The molecule has 0 aliphatic carbocycles. The van der Waals surface area contributed by atoms with Crippen LogP contribution in [-0.4, -0.2) is 17.1 Å². The summed E-state index contributed by atoms with van der Waals surface area (Å²) in [7, 11) is 1.61. The number of nitrogens with zero attached hydrogens (tertiary/aromatic N) is 3. The Balaban J connectivity index is 2.46. The van der Waals surface area contributed by atoms with Crippen LogP contribution in [0.1, 0.15) is 5.82 Å². The molecule has 16 heavy (non-hydrogen) atoms. The Kier molecular flexibility index (Phi) is 2.79. The molecule has 0 unspecified atom stereocenters. The summed E-state index contributed by atoms with van der Waals surface area (Å²) >= 11 is 0. The van der Waals surface area contributed by atoms with Crippen molar-refractivity contribution in [3.05, 3.63) is 42.4 Å². The van der Waals surface area contributed by atoms with Crippen LogP contribution in [0.2, 0.25) is 0 Å². The molecular formula is C12H9N3O. The van der Waals surface area contributed by atoms with E-state index in [1.165, 1.54) is 0 Å². The second-order valence-electron chi connectivity index (χ2n) is 3.11. The molecule has 4 nitrogen and oxygen atoms in total. The number of methoxy groups -OCH3 is 1. The monoisotopic (exact) mass is 211 g/mol. The van der Waals surface area contributed by atoms with Gasteiger partial charge in [-0.25, -0.2) is 9.97 Å². The van der Waals surface area contributed by atoms with Crippen LogP contribution in [0.4, 0.5) is 0 Å². The van der Waals surface area contributed by atoms with Gasteiger partial charge in [-0.1, -0.05) is 12.1 Å². The molecule has 0 amide bonds. The lowest BCUT2D eigenvalue weighted by Gasteiger charge is -2.03. The van der Waals surface area contributed by atoms with Crippen LogP contribution in [0, 0.1) is 11.3 Å². The topological polar surface area (TPSA) is 58.8 Å². The molecule has 0 atom stereocenters. The van der Waals surface area contributed by atoms with E-state index in [2.05, 4.69) is 9.97 Å². The molecule has 1 aromatic carbocycles. The lowest BCUT2D eigenvalue weighted by Crippen LogP contribution is -1.91. The second kappa shape index (κ2) is 4.41. The van der Waals surface area contributed by atoms with E-state index in [1.54, 1.807) is 19.4 Å². The van der Waals surface area contributed by atoms with Gasteiger partial charge < -0.3 is 4.74 Å². The number of ether oxygens (including phenoxy) is 1. The standard InChI is InChI=1S/C12H9N3O/c1-16-10-4-2-3-9(7-10)11-5-6-14-12(8-13)15-11/h2-7H,1H3. The van der Waals surface area contributed by atoms with Gasteiger partial charge in [-0.05, 0) is 18.2 Å². The Morgan fingerprint density at radius 3 is 2.94 bits per heavy atom. The summed E-state index contributed by atoms with van der Waals surface area (Å²) in [4.78, 5) is 7.93. The SMILES string of the molecule is COc1cccc(-c2ccnc(C#N)n2)c1. The number of aromatic nitrogens is 2. The molecule has 78 valence electrons. The summed E-state index contributed by atoms with van der Waals surface area (Å²) in [5.41, 5.74) is 1.61. The molecule has 0 N–H and O–H groups in total. The normalized spacial score (nSPS) is 9.50. The largest absolute Gasteiger partial charge is 0.497 e. The maximum absolute atomic E-state index is 8.71. The predicted molar refractivity (Wildman–Crippen MR) is 58.7 cm³/mol. The summed E-state index contributed by atoms with van der Waals surface area (Å²) in [6, 6.07) is 11.2. The Hall–Kier alpha value is -2.41. The molecule has 0 spiro atoms. The summed E-state index contributed by atoms with van der Waals surface area (Å²) in [6.45, 7) is 0. The smallest absolute Gasteiger partial charge is 0.232 e. The lowest BCUT2D eigenvalue weighted by molar-refractivity contribution is 0.415. The van der Waals surface area contributed by atoms with Crippen LogP contribution in [-0.2, 0) is 0 Å². The predicted octanol–water partition coefficient (Wildman–Crippen LogP) is 2.02. The van der Waals surface area contributed by atoms with E-state index in [-0.39, 0.29) is 5.82 Å². The molecule has 1 heterocycles. The third-order valence-electron chi connectivity index (χ3n) is 2.12. The van der Waals surface area contributed by atoms with E-state index in [4.69, 9.17) is 10.00 Å². The van der Waals surface area contributed by atoms with Crippen molar-refractivity contribution in [3.8, 4) is 23.1 Å². The Labute approximate surface area is 93.2 Å². The number of hydrogen-bond acceptors (Lipinski definition) is 4. The molecule has 0 radical (unpaired) electrons. The molecule has 0 saturated carbocycles. The molecule has 0 aliphatic heterocycles. The van der Waals surface area contributed by atoms with Gasteiger partial charge in [0.15, 0.2) is 0 Å². The first kappa shape index (κ1) is 10.1. The second-order valence-corrected chi connectivity index (χ2v) is 3.11. The maximum atomic E-state index is 8.71. The van der Waals surface area contributed by atoms with Gasteiger partial charge in [0.05, 0.1) is 12.8 Å². The molecule has 0 bridgehead atoms. The molecular weight excluding hydrogens is 202 g/mol. The first-order valence-electron chi connectivity index (χ1n) is 4.71. The molecule has 0 fully saturated rings. The highest BCUT2D eigenvalue weighted by molar-refractivity contribution is 5.61. The molecule has 2 aromatic rings. The number of nitriles is 1. The minimum atomic E-state index is 0.167. The number of hydrogen-bond donors (Lipinski definition) is 0. The van der Waals surface area contributed by atoms with E-state index in [9.17, 15) is 0 Å². The third-order valence-corrected chi connectivity index (χ3v) is 2.12. The summed E-state index contributed by atoms with van der Waals surface area (Å²) in [6.07, 6.45) is 1.57. The minimum absolute atomic E-state index is 0.167. The fraction of sp³-hybridized carbons (Fsp3) is 0.0833. The fourth-order valence-electron chi connectivity index (χ4n) is 1.36. The first-order valence-corrected chi connectivity index (χ1v) is 4.71. The number of benzene rings is 1. The van der Waals surface area contributed by atoms with Crippen LogP contribution >= 0.6 is 0 Å². The van der Waals surface area contributed by atoms with Crippen LogP contribution in [0.3, 0.4) is 0 Å². The minimum Gasteiger partial charge on any atom is -0.497 e. The Morgan fingerprint density at radius 1 is 1.31 bits per heavy atom. The zero-order chi connectivity index (χ0) is 11.4. The summed E-state index contributed by atoms with van der Waals surface area (Å²) in [5.74, 6) is 0.926. The van der Waals surface area contributed by atoms with Gasteiger partial charge in [0, 0.05) is 11.8 Å². The Morgan fingerprint density at radius 2 is 2.19 bits per heavy atom. The summed E-state index contributed by atoms with van der Waals surface area (Å²) < 4.78 is 5.12. The molecule has 2 rings (SSSR count). The highest BCUT2D eigenvalue weighted by Crippen LogP contribution is 2.21. The van der Waals surface area contributed by atoms with Crippen LogP contribution in [0.15, 0.2) is 36.5 Å². The molecule has 0 saturated heterocycles. The van der Waals surface area contributed by atoms with Gasteiger partial charge in [-0.3, -0.25) is 0 Å². The van der Waals surface area contributed by atoms with Gasteiger partial charge in [0.2, 0.25) is 5.82 Å². The van der Waals surface area contributed by atoms with E-state index in [1.807, 2.05) is 30.3 Å². The first-order chi connectivity index (χ1) is 7.83. The van der Waals surface area contributed by atoms with Gasteiger partial charge in [0.1, 0.15) is 11.8 Å². The van der Waals surface area contributed by atoms with Gasteiger partial charge in [0.25, 0.3) is 0 Å². The van der Waals surface area contributed by atoms with Crippen molar-refractivity contribution in [1.82, 2.24) is 9.97 Å². The van der Waals surface area contributed by atoms with E-state index in [0.717, 1.165) is 11.3 Å². The highest BCUT2D eigenvalue weighted by atomic mass is 16.5. The van der Waals surface area contributed by atoms with Crippen molar-refractivity contribution >= 4 is 0 Å². The van der Waals surface area contributed by atoms with Crippen molar-refractivity contribution in [2.75, 3.05) is 7.11 Å². The lowest BCUT2D eigenvalue weighted by atomic mass is 10.1. The van der Waals surface area contributed by atoms with E-state index in [0.29, 0.717) is 5.69 Å². The average molecular weight is 211 g/mol. The average Bonchev–Trinajstić information content (AvgIpc) is 2.39. The van der Waals surface area contributed by atoms with Crippen LogP contribution in [0.25, 0.3) is 11.3 Å². The summed E-state index contributed by atoms with van der Waals surface area (Å²) in [5, 5.41) is 8.71. The maximum Gasteiger partial charge on any atom is 0.232 e. The number of rotatable bonds is 2. The van der Waals surface area contributed by atoms with E-state index >= 15 is 0 Å². The molecule has 4 heteroatoms. The van der Waals surface area contributed by atoms with Crippen molar-refractivity contribution in [2.45, 2.75) is 0 Å². The Bertz CT molecular complexity index is 546. The zero-order valence-electron chi connectivity index (χ0n) is 8.71. The van der Waals surface area contributed by atoms with Gasteiger partial charge in [-0.2, -0.15) is 5.26 Å². The molecule has 0 aliphatic rings. The van der Waals surface area contributed by atoms with Crippen LogP contribution in [0.5, 0.6) is 5.75 Å². The van der Waals surface area contributed by atoms with Crippen molar-refractivity contribution < 1.29 is 4.74 Å². The van der Waals surface area contributed by atoms with Crippen molar-refractivity contribution in [3.63, 3.8) is 0 Å². The van der Waals surface area contributed by atoms with Crippen molar-refractivity contribution in [1.29, 1.82) is 5.26 Å². The fourth-order valence-corrected chi connectivity index (χ4v) is 1.36. The third kappa shape index (κ3) is 1.98. The highest BCUT2D eigenvalue weighted by Gasteiger charge is 2.02.